The van der Waals surface area contributed by atoms with Gasteiger partial charge in [-0.05, 0) is 18.9 Å². The molecule has 1 aromatic rings. The quantitative estimate of drug-likeness (QED) is 0.872. The highest BCUT2D eigenvalue weighted by atomic mass is 19.1. The Hall–Kier alpha value is -1.82. The molecule has 0 aromatic heterocycles. The summed E-state index contributed by atoms with van der Waals surface area (Å²) >= 11 is 0. The summed E-state index contributed by atoms with van der Waals surface area (Å²) in [6, 6.07) is 2.84. The van der Waals surface area contributed by atoms with Gasteiger partial charge in [-0.15, -0.1) is 0 Å². The van der Waals surface area contributed by atoms with Gasteiger partial charge in [0.1, 0.15) is 11.6 Å². The first kappa shape index (κ1) is 15.1. The monoisotopic (exact) mass is 309 g/mol. The van der Waals surface area contributed by atoms with Gasteiger partial charge in [0.05, 0.1) is 18.1 Å². The fraction of sp³-hybridized carbons (Fsp3) is 0.500. The second-order valence-corrected chi connectivity index (χ2v) is 6.16. The lowest BCUT2D eigenvalue weighted by Crippen LogP contribution is -2.37. The Kier molecular flexibility index (Phi) is 3.72. The Morgan fingerprint density at radius 3 is 2.55 bits per heavy atom. The van der Waals surface area contributed by atoms with Gasteiger partial charge >= 0.3 is 0 Å². The molecule has 2 amide bonds. The van der Waals surface area contributed by atoms with Crippen molar-refractivity contribution in [2.75, 3.05) is 6.54 Å². The topological polar surface area (TPSA) is 57.6 Å². The minimum absolute atomic E-state index is 0.116. The molecule has 2 aliphatic rings. The molecule has 1 N–H and O–H groups in total. The number of aliphatic hydroxyl groups excluding tert-OH is 1. The summed E-state index contributed by atoms with van der Waals surface area (Å²) in [5.41, 5.74) is -0.729. The van der Waals surface area contributed by atoms with Gasteiger partial charge < -0.3 is 5.11 Å². The van der Waals surface area contributed by atoms with Gasteiger partial charge in [-0.1, -0.05) is 18.9 Å². The third kappa shape index (κ3) is 2.41. The van der Waals surface area contributed by atoms with E-state index in [0.717, 1.165) is 29.9 Å². The van der Waals surface area contributed by atoms with Crippen LogP contribution >= 0.6 is 0 Å². The lowest BCUT2D eigenvalue weighted by Gasteiger charge is -2.23. The SMILES string of the molecule is O=C1CC2(CCCC2)C(=O)N1C[C@@H](O)c1ccc(F)cc1F. The molecule has 1 saturated carbocycles. The smallest absolute Gasteiger partial charge is 0.236 e. The third-order valence-corrected chi connectivity index (χ3v) is 4.73. The van der Waals surface area contributed by atoms with Crippen LogP contribution in [0.3, 0.4) is 0 Å². The van der Waals surface area contributed by atoms with Crippen LogP contribution in [-0.2, 0) is 9.59 Å². The van der Waals surface area contributed by atoms with E-state index in [2.05, 4.69) is 0 Å². The van der Waals surface area contributed by atoms with E-state index in [-0.39, 0.29) is 30.3 Å². The first-order chi connectivity index (χ1) is 10.4. The van der Waals surface area contributed by atoms with Crippen molar-refractivity contribution in [2.24, 2.45) is 5.41 Å². The molecule has 1 atom stereocenters. The lowest BCUT2D eigenvalue weighted by molar-refractivity contribution is -0.143. The van der Waals surface area contributed by atoms with E-state index >= 15 is 0 Å². The minimum Gasteiger partial charge on any atom is -0.386 e. The molecule has 0 radical (unpaired) electrons. The zero-order chi connectivity index (χ0) is 15.9. The highest BCUT2D eigenvalue weighted by Gasteiger charge is 2.52. The maximum Gasteiger partial charge on any atom is 0.236 e. The van der Waals surface area contributed by atoms with Crippen LogP contribution in [0.1, 0.15) is 43.8 Å². The summed E-state index contributed by atoms with van der Waals surface area (Å²) in [4.78, 5) is 25.6. The number of aliphatic hydroxyl groups is 1. The summed E-state index contributed by atoms with van der Waals surface area (Å²) in [6.45, 7) is -0.290. The number of imide groups is 1. The summed E-state index contributed by atoms with van der Waals surface area (Å²) < 4.78 is 26.6. The van der Waals surface area contributed by atoms with E-state index in [1.54, 1.807) is 0 Å². The molecule has 0 bridgehead atoms. The standard InChI is InChI=1S/C16H17F2NO3/c17-10-3-4-11(12(18)7-10)13(20)9-19-14(21)8-16(15(19)22)5-1-2-6-16/h3-4,7,13,20H,1-2,5-6,8-9H2/t13-/m1/s1. The van der Waals surface area contributed by atoms with Gasteiger partial charge in [0.15, 0.2) is 0 Å². The Bertz CT molecular complexity index is 626. The molecule has 1 spiro atoms. The van der Waals surface area contributed by atoms with Crippen molar-refractivity contribution in [1.29, 1.82) is 0 Å². The number of β-amino-alcohol motifs (C(OH)–C–C–N with tert-alkyl or cyclic N) is 1. The van der Waals surface area contributed by atoms with Gasteiger partial charge in [0, 0.05) is 18.1 Å². The molecule has 1 aliphatic carbocycles. The fourth-order valence-electron chi connectivity index (χ4n) is 3.53. The number of likely N-dealkylation sites (tertiary alicyclic amines) is 1. The van der Waals surface area contributed by atoms with Crippen LogP contribution in [0.25, 0.3) is 0 Å². The first-order valence-corrected chi connectivity index (χ1v) is 7.41. The number of rotatable bonds is 3. The highest BCUT2D eigenvalue weighted by molar-refractivity contribution is 6.06. The summed E-state index contributed by atoms with van der Waals surface area (Å²) in [5.74, 6) is -2.22. The Balaban J connectivity index is 1.77. The molecule has 1 aromatic carbocycles. The van der Waals surface area contributed by atoms with Crippen molar-refractivity contribution in [3.63, 3.8) is 0 Å². The predicted octanol–water partition coefficient (Wildman–Crippen LogP) is 2.32. The van der Waals surface area contributed by atoms with Crippen LogP contribution < -0.4 is 0 Å². The summed E-state index contributed by atoms with van der Waals surface area (Å²) in [7, 11) is 0. The zero-order valence-corrected chi connectivity index (χ0v) is 12.0. The predicted molar refractivity (Wildman–Crippen MR) is 73.6 cm³/mol. The first-order valence-electron chi connectivity index (χ1n) is 7.41. The van der Waals surface area contributed by atoms with E-state index in [0.29, 0.717) is 18.9 Å². The second-order valence-electron chi connectivity index (χ2n) is 6.16. The maximum absolute atomic E-state index is 13.7. The van der Waals surface area contributed by atoms with Crippen LogP contribution in [0, 0.1) is 17.0 Å². The number of carbonyl (C=O) groups excluding carboxylic acids is 2. The molecular weight excluding hydrogens is 292 g/mol. The number of amides is 2. The lowest BCUT2D eigenvalue weighted by atomic mass is 9.84. The summed E-state index contributed by atoms with van der Waals surface area (Å²) in [6.07, 6.45) is 2.03. The Morgan fingerprint density at radius 2 is 1.91 bits per heavy atom. The van der Waals surface area contributed by atoms with Gasteiger partial charge in [-0.3, -0.25) is 14.5 Å². The molecule has 0 unspecified atom stereocenters. The van der Waals surface area contributed by atoms with E-state index in [9.17, 15) is 23.5 Å². The average molecular weight is 309 g/mol. The summed E-state index contributed by atoms with van der Waals surface area (Å²) in [5, 5.41) is 10.1. The van der Waals surface area contributed by atoms with E-state index < -0.39 is 23.2 Å². The van der Waals surface area contributed by atoms with Crippen molar-refractivity contribution in [2.45, 2.75) is 38.2 Å². The maximum atomic E-state index is 13.7. The average Bonchev–Trinajstić information content (AvgIpc) is 3.00. The molecule has 3 rings (SSSR count). The third-order valence-electron chi connectivity index (χ3n) is 4.73. The van der Waals surface area contributed by atoms with E-state index in [4.69, 9.17) is 0 Å². The molecule has 6 heteroatoms. The van der Waals surface area contributed by atoms with Gasteiger partial charge in [-0.25, -0.2) is 8.78 Å². The van der Waals surface area contributed by atoms with Crippen molar-refractivity contribution in [3.8, 4) is 0 Å². The van der Waals surface area contributed by atoms with Gasteiger partial charge in [0.25, 0.3) is 0 Å². The number of carbonyl (C=O) groups is 2. The molecule has 118 valence electrons. The normalized spacial score (nSPS) is 21.9. The molecule has 1 saturated heterocycles. The molecule has 1 aliphatic heterocycles. The van der Waals surface area contributed by atoms with Crippen LogP contribution in [0.15, 0.2) is 18.2 Å². The minimum atomic E-state index is -1.36. The number of halogens is 2. The highest BCUT2D eigenvalue weighted by Crippen LogP contribution is 2.47. The second kappa shape index (κ2) is 5.43. The van der Waals surface area contributed by atoms with Crippen LogP contribution in [0.2, 0.25) is 0 Å². The van der Waals surface area contributed by atoms with Crippen LogP contribution in [-0.4, -0.2) is 28.4 Å². The van der Waals surface area contributed by atoms with Gasteiger partial charge in [0.2, 0.25) is 11.8 Å². The molecular formula is C16H17F2NO3. The molecule has 2 fully saturated rings. The molecule has 1 heterocycles. The van der Waals surface area contributed by atoms with Gasteiger partial charge in [-0.2, -0.15) is 0 Å². The number of hydrogen-bond acceptors (Lipinski definition) is 3. The van der Waals surface area contributed by atoms with E-state index in [1.165, 1.54) is 0 Å². The zero-order valence-electron chi connectivity index (χ0n) is 12.0. The van der Waals surface area contributed by atoms with Crippen molar-refractivity contribution < 1.29 is 23.5 Å². The Labute approximate surface area is 126 Å². The fourth-order valence-corrected chi connectivity index (χ4v) is 3.53. The number of benzene rings is 1. The number of hydrogen-bond donors (Lipinski definition) is 1. The largest absolute Gasteiger partial charge is 0.386 e. The van der Waals surface area contributed by atoms with Crippen molar-refractivity contribution in [3.05, 3.63) is 35.4 Å². The van der Waals surface area contributed by atoms with Crippen molar-refractivity contribution in [1.82, 2.24) is 4.90 Å². The van der Waals surface area contributed by atoms with Crippen LogP contribution in [0.5, 0.6) is 0 Å². The molecule has 22 heavy (non-hydrogen) atoms. The van der Waals surface area contributed by atoms with Crippen LogP contribution in [0.4, 0.5) is 8.78 Å². The number of nitrogens with zero attached hydrogens (tertiary/aromatic N) is 1. The van der Waals surface area contributed by atoms with Crippen molar-refractivity contribution >= 4 is 11.8 Å². The molecule has 4 nitrogen and oxygen atoms in total. The Morgan fingerprint density at radius 1 is 1.23 bits per heavy atom. The van der Waals surface area contributed by atoms with E-state index in [1.807, 2.05) is 0 Å².